The Morgan fingerprint density at radius 3 is 2.74 bits per heavy atom. The number of aromatic nitrogens is 2. The van der Waals surface area contributed by atoms with E-state index >= 15 is 0 Å². The number of carbonyl (C=O) groups excluding carboxylic acids is 2. The maximum atomic E-state index is 12.0. The van der Waals surface area contributed by atoms with Crippen LogP contribution in [0.1, 0.15) is 17.3 Å². The van der Waals surface area contributed by atoms with Gasteiger partial charge in [0.05, 0.1) is 24.0 Å². The van der Waals surface area contributed by atoms with Crippen LogP contribution in [0.3, 0.4) is 0 Å². The predicted molar refractivity (Wildman–Crippen MR) is 69.9 cm³/mol. The molecule has 0 spiro atoms. The summed E-state index contributed by atoms with van der Waals surface area (Å²) >= 11 is 0. The zero-order valence-electron chi connectivity index (χ0n) is 12.4. The van der Waals surface area contributed by atoms with Crippen molar-refractivity contribution in [1.82, 2.24) is 19.7 Å². The van der Waals surface area contributed by atoms with Gasteiger partial charge in [0.15, 0.2) is 5.78 Å². The van der Waals surface area contributed by atoms with Gasteiger partial charge >= 0.3 is 35.6 Å². The van der Waals surface area contributed by atoms with Gasteiger partial charge in [-0.1, -0.05) is 0 Å². The number of carbonyl (C=O) groups is 2. The maximum absolute atomic E-state index is 12.0. The number of hydroxylamine groups is 2. The molecule has 1 saturated heterocycles. The Morgan fingerprint density at radius 1 is 1.48 bits per heavy atom. The number of amides is 2. The molecule has 2 bridgehead atoms. The number of fused-ring (bicyclic) bond motifs is 2. The molecule has 0 saturated carbocycles. The molecule has 2 amide bonds. The van der Waals surface area contributed by atoms with E-state index in [2.05, 4.69) is 9.38 Å². The van der Waals surface area contributed by atoms with E-state index in [9.17, 15) is 22.6 Å². The van der Waals surface area contributed by atoms with Crippen LogP contribution in [-0.2, 0) is 14.7 Å². The Labute approximate surface area is 153 Å². The van der Waals surface area contributed by atoms with E-state index in [0.717, 1.165) is 0 Å². The molecule has 1 fully saturated rings. The second-order valence-corrected chi connectivity index (χ2v) is 5.89. The third kappa shape index (κ3) is 3.65. The topological polar surface area (TPSA) is 125 Å². The number of urea groups is 1. The Morgan fingerprint density at radius 2 is 2.17 bits per heavy atom. The first kappa shape index (κ1) is 18.1. The zero-order valence-corrected chi connectivity index (χ0v) is 15.2. The van der Waals surface area contributed by atoms with Crippen molar-refractivity contribution in [2.75, 3.05) is 13.1 Å². The minimum Gasteiger partial charge on any atom is -0.724 e. The summed E-state index contributed by atoms with van der Waals surface area (Å²) in [4.78, 5) is 24.6. The summed E-state index contributed by atoms with van der Waals surface area (Å²) < 4.78 is 37.7. The monoisotopic (exact) mass is 350 g/mol. The molecule has 1 unspecified atom stereocenters. The average molecular weight is 350 g/mol. The van der Waals surface area contributed by atoms with Gasteiger partial charge in [0.2, 0.25) is 10.4 Å². The number of ketones is 1. The van der Waals surface area contributed by atoms with Crippen LogP contribution in [0.5, 0.6) is 0 Å². The largest absolute Gasteiger partial charge is 1.00 e. The third-order valence-electron chi connectivity index (χ3n) is 3.36. The van der Waals surface area contributed by atoms with Crippen molar-refractivity contribution < 1.29 is 56.4 Å². The molecule has 12 heteroatoms. The van der Waals surface area contributed by atoms with E-state index in [0.29, 0.717) is 16.3 Å². The summed E-state index contributed by atoms with van der Waals surface area (Å²) in [6.45, 7) is 1.77. The zero-order chi connectivity index (χ0) is 16.1. The molecular formula is C11H11N4NaO6S. The van der Waals surface area contributed by atoms with Crippen LogP contribution in [0, 0.1) is 0 Å². The van der Waals surface area contributed by atoms with Crippen molar-refractivity contribution in [3.05, 3.63) is 24.0 Å². The fourth-order valence-electron chi connectivity index (χ4n) is 2.38. The molecule has 0 aliphatic carbocycles. The first-order valence-electron chi connectivity index (χ1n) is 6.25. The van der Waals surface area contributed by atoms with Crippen LogP contribution < -0.4 is 29.6 Å². The minimum atomic E-state index is -5.04. The number of hydrogen-bond acceptors (Lipinski definition) is 7. The normalized spacial score (nSPS) is 20.3. The number of nitrogens with zero attached hydrogens (tertiary/aromatic N) is 4. The quantitative estimate of drug-likeness (QED) is 0.238. The van der Waals surface area contributed by atoms with E-state index in [-0.39, 0.29) is 48.4 Å². The molecule has 2 aliphatic heterocycles. The predicted octanol–water partition coefficient (Wildman–Crippen LogP) is -3.56. The van der Waals surface area contributed by atoms with Crippen molar-refractivity contribution in [2.45, 2.75) is 13.0 Å². The molecule has 3 heterocycles. The summed E-state index contributed by atoms with van der Waals surface area (Å²) in [6, 6.07) is -1.43. The molecule has 0 aromatic carbocycles. The fraction of sp³-hybridized carbons (Fsp3) is 0.364. The number of rotatable bonds is 4. The summed E-state index contributed by atoms with van der Waals surface area (Å²) in [5.74, 6) is -0.149. The molecular weight excluding hydrogens is 339 g/mol. The van der Waals surface area contributed by atoms with Gasteiger partial charge < -0.3 is 9.45 Å². The summed E-state index contributed by atoms with van der Waals surface area (Å²) in [7, 11) is -5.04. The van der Waals surface area contributed by atoms with Crippen LogP contribution in [0.25, 0.3) is 5.70 Å². The third-order valence-corrected chi connectivity index (χ3v) is 3.70. The van der Waals surface area contributed by atoms with Crippen LogP contribution in [0.4, 0.5) is 4.79 Å². The molecule has 1 aromatic heterocycles. The Kier molecular flexibility index (Phi) is 4.99. The fourth-order valence-corrected chi connectivity index (χ4v) is 2.75. The van der Waals surface area contributed by atoms with Crippen molar-refractivity contribution >= 4 is 27.9 Å². The van der Waals surface area contributed by atoms with Gasteiger partial charge in [0.25, 0.3) is 0 Å². The second-order valence-electron chi connectivity index (χ2n) is 4.93. The number of hydrogen-bond donors (Lipinski definition) is 0. The molecule has 1 atom stereocenters. The number of Topliss-reactive ketones (excluding diaryl/α,β-unsaturated/α-hetero) is 1. The van der Waals surface area contributed by atoms with Crippen molar-refractivity contribution in [3.8, 4) is 0 Å². The first-order valence-corrected chi connectivity index (χ1v) is 7.58. The summed E-state index contributed by atoms with van der Waals surface area (Å²) in [5, 5.41) is 4.57. The molecule has 1 aromatic rings. The van der Waals surface area contributed by atoms with Crippen LogP contribution in [-0.4, -0.2) is 63.7 Å². The Balaban J connectivity index is 0.00000192. The minimum absolute atomic E-state index is 0. The Bertz CT molecular complexity index is 788. The van der Waals surface area contributed by atoms with Crippen molar-refractivity contribution in [3.63, 3.8) is 0 Å². The average Bonchev–Trinajstić information content (AvgIpc) is 2.98. The van der Waals surface area contributed by atoms with E-state index in [1.807, 2.05) is 0 Å². The van der Waals surface area contributed by atoms with Gasteiger partial charge in [-0.3, -0.25) is 4.79 Å². The molecule has 0 radical (unpaired) electrons. The Hall–Kier alpha value is -1.24. The SMILES string of the molecule is CC(=O)c1cnn(C2=CC3CN(C2)C(=O)N3OS(=O)(=O)[O-])c1.[Na+]. The van der Waals surface area contributed by atoms with Crippen LogP contribution in [0.15, 0.2) is 18.5 Å². The van der Waals surface area contributed by atoms with Crippen LogP contribution in [0.2, 0.25) is 0 Å². The molecule has 3 rings (SSSR count). The van der Waals surface area contributed by atoms with E-state index in [1.54, 1.807) is 6.08 Å². The molecule has 118 valence electrons. The smallest absolute Gasteiger partial charge is 0.724 e. The van der Waals surface area contributed by atoms with Crippen molar-refractivity contribution in [2.24, 2.45) is 0 Å². The summed E-state index contributed by atoms with van der Waals surface area (Å²) in [5.41, 5.74) is 0.988. The first-order chi connectivity index (χ1) is 10.2. The molecule has 2 aliphatic rings. The van der Waals surface area contributed by atoms with Crippen LogP contribution >= 0.6 is 0 Å². The summed E-state index contributed by atoms with van der Waals surface area (Å²) in [6.07, 6.45) is 4.48. The van der Waals surface area contributed by atoms with E-state index in [1.165, 1.54) is 28.9 Å². The van der Waals surface area contributed by atoms with Gasteiger partial charge in [-0.25, -0.2) is 17.9 Å². The maximum Gasteiger partial charge on any atom is 1.00 e. The van der Waals surface area contributed by atoms with Gasteiger partial charge in [0, 0.05) is 12.7 Å². The standard InChI is InChI=1S/C11H12N4O6S.Na/c1-7(16)8-3-12-14(4-8)9-2-10-6-13(5-9)11(17)15(10)21-22(18,19)20;/h2-4,10H,5-6H2,1H3,(H,18,19,20);/q;+1/p-1. The molecule has 0 N–H and O–H groups in total. The van der Waals surface area contributed by atoms with Gasteiger partial charge in [-0.15, -0.1) is 0 Å². The molecule has 10 nitrogen and oxygen atoms in total. The second kappa shape index (κ2) is 6.34. The van der Waals surface area contributed by atoms with E-state index < -0.39 is 22.5 Å². The molecule has 23 heavy (non-hydrogen) atoms. The van der Waals surface area contributed by atoms with Crippen molar-refractivity contribution in [1.29, 1.82) is 0 Å². The van der Waals surface area contributed by atoms with Gasteiger partial charge in [-0.2, -0.15) is 14.4 Å². The van der Waals surface area contributed by atoms with E-state index in [4.69, 9.17) is 0 Å². The van der Waals surface area contributed by atoms with Gasteiger partial charge in [0.1, 0.15) is 6.04 Å². The van der Waals surface area contributed by atoms with Gasteiger partial charge in [-0.05, 0) is 13.0 Å².